The Balaban J connectivity index is 2.58. The van der Waals surface area contributed by atoms with Gasteiger partial charge in [-0.25, -0.2) is 0 Å². The van der Waals surface area contributed by atoms with E-state index >= 15 is 0 Å². The van der Waals surface area contributed by atoms with Crippen LogP contribution in [0.25, 0.3) is 0 Å². The fourth-order valence-electron chi connectivity index (χ4n) is 2.24. The van der Waals surface area contributed by atoms with Crippen molar-refractivity contribution in [2.45, 2.75) is 39.7 Å². The lowest BCUT2D eigenvalue weighted by Gasteiger charge is -2.20. The van der Waals surface area contributed by atoms with Gasteiger partial charge in [-0.3, -0.25) is 9.59 Å². The first-order valence-electron chi connectivity index (χ1n) is 8.48. The summed E-state index contributed by atoms with van der Waals surface area (Å²) in [5.41, 5.74) is 0.491. The summed E-state index contributed by atoms with van der Waals surface area (Å²) in [5, 5.41) is 9.50. The monoisotopic (exact) mass is 353 g/mol. The second-order valence-corrected chi connectivity index (χ2v) is 6.64. The highest BCUT2D eigenvalue weighted by Crippen LogP contribution is 2.11. The van der Waals surface area contributed by atoms with Crippen molar-refractivity contribution in [1.82, 2.24) is 16.0 Å². The maximum absolute atomic E-state index is 12.4. The first-order valence-corrected chi connectivity index (χ1v) is 8.86. The van der Waals surface area contributed by atoms with Crippen molar-refractivity contribution in [2.24, 2.45) is 5.92 Å². The second kappa shape index (κ2) is 11.0. The number of carbonyl (C=O) groups is 2. The van der Waals surface area contributed by atoms with Crippen LogP contribution in [-0.4, -0.2) is 37.5 Å². The van der Waals surface area contributed by atoms with Crippen LogP contribution in [0, 0.1) is 5.92 Å². The average Bonchev–Trinajstić information content (AvgIpc) is 2.54. The van der Waals surface area contributed by atoms with Gasteiger partial charge >= 0.3 is 0 Å². The second-order valence-electron chi connectivity index (χ2n) is 6.20. The summed E-state index contributed by atoms with van der Waals surface area (Å²) < 4.78 is 0. The van der Waals surface area contributed by atoms with Gasteiger partial charge in [0.2, 0.25) is 5.91 Å². The molecule has 0 aliphatic rings. The zero-order chi connectivity index (χ0) is 17.9. The first-order chi connectivity index (χ1) is 11.4. The Hall–Kier alpha value is -1.59. The fourth-order valence-corrected chi connectivity index (χ4v) is 2.37. The molecular weight excluding hydrogens is 326 g/mol. The predicted octanol–water partition coefficient (Wildman–Crippen LogP) is 2.60. The highest BCUT2D eigenvalue weighted by molar-refractivity contribution is 6.30. The molecule has 0 spiro atoms. The maximum Gasteiger partial charge on any atom is 0.251 e. The Morgan fingerprint density at radius 2 is 1.75 bits per heavy atom. The highest BCUT2D eigenvalue weighted by Gasteiger charge is 2.22. The van der Waals surface area contributed by atoms with Crippen LogP contribution in [0.4, 0.5) is 0 Å². The molecule has 24 heavy (non-hydrogen) atoms. The van der Waals surface area contributed by atoms with E-state index in [1.165, 1.54) is 0 Å². The molecule has 1 rings (SSSR count). The van der Waals surface area contributed by atoms with Crippen LogP contribution in [0.15, 0.2) is 24.3 Å². The standard InChI is InChI=1S/C18H28ClN3O2/c1-4-9-20-10-11-21-18(24)16(12-13(2)3)22-17(23)14-5-7-15(19)8-6-14/h5-8,13,16,20H,4,9-12H2,1-3H3,(H,21,24)(H,22,23). The van der Waals surface area contributed by atoms with Crippen molar-refractivity contribution in [1.29, 1.82) is 0 Å². The van der Waals surface area contributed by atoms with E-state index in [1.54, 1.807) is 24.3 Å². The number of amides is 2. The van der Waals surface area contributed by atoms with E-state index in [4.69, 9.17) is 11.6 Å². The molecule has 1 unspecified atom stereocenters. The lowest BCUT2D eigenvalue weighted by atomic mass is 10.0. The number of hydrogen-bond acceptors (Lipinski definition) is 3. The smallest absolute Gasteiger partial charge is 0.251 e. The van der Waals surface area contributed by atoms with Crippen molar-refractivity contribution in [3.63, 3.8) is 0 Å². The minimum absolute atomic E-state index is 0.149. The van der Waals surface area contributed by atoms with Crippen molar-refractivity contribution in [3.8, 4) is 0 Å². The number of carbonyl (C=O) groups excluding carboxylic acids is 2. The minimum Gasteiger partial charge on any atom is -0.353 e. The molecule has 0 aliphatic carbocycles. The van der Waals surface area contributed by atoms with Gasteiger partial charge in [0, 0.05) is 23.7 Å². The molecule has 1 aromatic carbocycles. The minimum atomic E-state index is -0.542. The Bertz CT molecular complexity index is 518. The van der Waals surface area contributed by atoms with E-state index in [2.05, 4.69) is 22.9 Å². The normalized spacial score (nSPS) is 12.0. The molecule has 5 nitrogen and oxygen atoms in total. The summed E-state index contributed by atoms with van der Waals surface area (Å²) >= 11 is 5.83. The predicted molar refractivity (Wildman–Crippen MR) is 98.3 cm³/mol. The van der Waals surface area contributed by atoms with Gasteiger partial charge < -0.3 is 16.0 Å². The van der Waals surface area contributed by atoms with Crippen LogP contribution in [-0.2, 0) is 4.79 Å². The van der Waals surface area contributed by atoms with Crippen LogP contribution in [0.5, 0.6) is 0 Å². The number of benzene rings is 1. The van der Waals surface area contributed by atoms with E-state index < -0.39 is 6.04 Å². The van der Waals surface area contributed by atoms with Gasteiger partial charge in [-0.1, -0.05) is 32.4 Å². The van der Waals surface area contributed by atoms with Crippen LogP contribution < -0.4 is 16.0 Å². The van der Waals surface area contributed by atoms with Gasteiger partial charge in [0.15, 0.2) is 0 Å². The Morgan fingerprint density at radius 3 is 2.33 bits per heavy atom. The van der Waals surface area contributed by atoms with Gasteiger partial charge in [-0.2, -0.15) is 0 Å². The average molecular weight is 354 g/mol. The number of hydrogen-bond donors (Lipinski definition) is 3. The molecule has 3 N–H and O–H groups in total. The molecule has 0 bridgehead atoms. The Labute approximate surface area is 149 Å². The number of rotatable bonds is 10. The summed E-state index contributed by atoms with van der Waals surface area (Å²) in [6.45, 7) is 8.34. The molecule has 0 saturated heterocycles. The Kier molecular flexibility index (Phi) is 9.42. The van der Waals surface area contributed by atoms with Crippen LogP contribution in [0.1, 0.15) is 44.0 Å². The molecule has 0 fully saturated rings. The molecule has 6 heteroatoms. The summed E-state index contributed by atoms with van der Waals surface area (Å²) in [7, 11) is 0. The molecule has 0 heterocycles. The topological polar surface area (TPSA) is 70.2 Å². The van der Waals surface area contributed by atoms with Crippen molar-refractivity contribution in [3.05, 3.63) is 34.9 Å². The maximum atomic E-state index is 12.4. The molecular formula is C18H28ClN3O2. The highest BCUT2D eigenvalue weighted by atomic mass is 35.5. The number of halogens is 1. The van der Waals surface area contributed by atoms with Gasteiger partial charge in [0.1, 0.15) is 6.04 Å². The van der Waals surface area contributed by atoms with E-state index in [9.17, 15) is 9.59 Å². The van der Waals surface area contributed by atoms with E-state index in [0.29, 0.717) is 29.5 Å². The SMILES string of the molecule is CCCNCCNC(=O)C(CC(C)C)NC(=O)c1ccc(Cl)cc1. The van der Waals surface area contributed by atoms with Crippen LogP contribution in [0.3, 0.4) is 0 Å². The zero-order valence-electron chi connectivity index (χ0n) is 14.7. The molecule has 0 radical (unpaired) electrons. The van der Waals surface area contributed by atoms with Gasteiger partial charge in [-0.15, -0.1) is 0 Å². The number of nitrogens with one attached hydrogen (secondary N) is 3. The molecule has 1 aromatic rings. The van der Waals surface area contributed by atoms with Gasteiger partial charge in [0.05, 0.1) is 0 Å². The molecule has 1 atom stereocenters. The van der Waals surface area contributed by atoms with Crippen LogP contribution >= 0.6 is 11.6 Å². The zero-order valence-corrected chi connectivity index (χ0v) is 15.5. The van der Waals surface area contributed by atoms with Crippen molar-refractivity contribution in [2.75, 3.05) is 19.6 Å². The van der Waals surface area contributed by atoms with Gasteiger partial charge in [0.25, 0.3) is 5.91 Å². The molecule has 0 aromatic heterocycles. The van der Waals surface area contributed by atoms with Crippen molar-refractivity contribution >= 4 is 23.4 Å². The van der Waals surface area contributed by atoms with E-state index in [0.717, 1.165) is 19.5 Å². The first kappa shape index (κ1) is 20.5. The summed E-state index contributed by atoms with van der Waals surface area (Å²) in [6.07, 6.45) is 1.65. The van der Waals surface area contributed by atoms with E-state index in [1.807, 2.05) is 13.8 Å². The quantitative estimate of drug-likeness (QED) is 0.566. The Morgan fingerprint density at radius 1 is 1.08 bits per heavy atom. The molecule has 0 aliphatic heterocycles. The summed E-state index contributed by atoms with van der Waals surface area (Å²) in [6, 6.07) is 6.08. The third-order valence-electron chi connectivity index (χ3n) is 3.46. The third-order valence-corrected chi connectivity index (χ3v) is 3.72. The van der Waals surface area contributed by atoms with Crippen molar-refractivity contribution < 1.29 is 9.59 Å². The largest absolute Gasteiger partial charge is 0.353 e. The lowest BCUT2D eigenvalue weighted by molar-refractivity contribution is -0.123. The third kappa shape index (κ3) is 7.79. The molecule has 0 saturated carbocycles. The van der Waals surface area contributed by atoms with Gasteiger partial charge in [-0.05, 0) is 49.6 Å². The van der Waals surface area contributed by atoms with Crippen LogP contribution in [0.2, 0.25) is 5.02 Å². The molecule has 134 valence electrons. The lowest BCUT2D eigenvalue weighted by Crippen LogP contribution is -2.48. The van der Waals surface area contributed by atoms with E-state index in [-0.39, 0.29) is 11.8 Å². The fraction of sp³-hybridized carbons (Fsp3) is 0.556. The summed E-state index contributed by atoms with van der Waals surface area (Å²) in [4.78, 5) is 24.7. The summed E-state index contributed by atoms with van der Waals surface area (Å²) in [5.74, 6) is -0.120. The molecule has 2 amide bonds.